The van der Waals surface area contributed by atoms with Gasteiger partial charge >= 0.3 is 0 Å². The zero-order valence-corrected chi connectivity index (χ0v) is 13.3. The third-order valence-electron chi connectivity index (χ3n) is 3.20. The van der Waals surface area contributed by atoms with E-state index in [0.717, 1.165) is 17.0 Å². The predicted molar refractivity (Wildman–Crippen MR) is 88.5 cm³/mol. The molecule has 0 bridgehead atoms. The quantitative estimate of drug-likeness (QED) is 0.491. The smallest absolute Gasteiger partial charge is 0.256 e. The molecule has 3 aromatic rings. The van der Waals surface area contributed by atoms with Crippen molar-refractivity contribution >= 4 is 5.71 Å². The lowest BCUT2D eigenvalue weighted by Gasteiger charge is -2.01. The molecule has 0 unspecified atom stereocenters. The fourth-order valence-electron chi connectivity index (χ4n) is 1.98. The van der Waals surface area contributed by atoms with Crippen LogP contribution in [0.25, 0.3) is 0 Å². The van der Waals surface area contributed by atoms with Gasteiger partial charge in [-0.15, -0.1) is 10.2 Å². The molecule has 0 saturated heterocycles. The number of oxime groups is 1. The molecule has 3 rings (SSSR count). The number of hydrogen-bond acceptors (Lipinski definition) is 6. The first-order valence-electron chi connectivity index (χ1n) is 7.52. The normalized spacial score (nSPS) is 11.3. The van der Waals surface area contributed by atoms with Crippen LogP contribution in [0, 0.1) is 0 Å². The largest absolute Gasteiger partial charge is 0.484 e. The first-order valence-corrected chi connectivity index (χ1v) is 7.52. The fraction of sp³-hybridized carbons (Fsp3) is 0.167. The first kappa shape index (κ1) is 15.7. The molecule has 122 valence electrons. The van der Waals surface area contributed by atoms with Crippen LogP contribution in [0.15, 0.2) is 70.2 Å². The minimum atomic E-state index is 0.114. The molecule has 0 spiro atoms. The molecule has 0 amide bonds. The van der Waals surface area contributed by atoms with Crippen molar-refractivity contribution in [3.05, 3.63) is 78.0 Å². The van der Waals surface area contributed by atoms with Gasteiger partial charge in [0, 0.05) is 0 Å². The number of nitrogens with zero attached hydrogens (tertiary/aromatic N) is 3. The van der Waals surface area contributed by atoms with E-state index in [4.69, 9.17) is 14.0 Å². The first-order chi connectivity index (χ1) is 11.8. The van der Waals surface area contributed by atoms with Gasteiger partial charge in [0.05, 0.1) is 5.71 Å². The van der Waals surface area contributed by atoms with Crippen molar-refractivity contribution in [1.82, 2.24) is 10.2 Å². The van der Waals surface area contributed by atoms with E-state index in [9.17, 15) is 0 Å². The average Bonchev–Trinajstić information content (AvgIpc) is 3.09. The van der Waals surface area contributed by atoms with Crippen molar-refractivity contribution in [2.75, 3.05) is 0 Å². The standard InChI is InChI=1S/C18H17N3O3/c1-14(15-8-4-2-5-9-15)21-23-13-18-20-19-17(24-18)12-22-16-10-6-3-7-11-16/h2-11H,12-13H2,1H3/b21-14+. The molecular formula is C18H17N3O3. The SMILES string of the molecule is C/C(=N\OCc1nnc(COc2ccccc2)o1)c1ccccc1. The van der Waals surface area contributed by atoms with E-state index >= 15 is 0 Å². The molecule has 0 N–H and O–H groups in total. The molecule has 0 saturated carbocycles. The van der Waals surface area contributed by atoms with Crippen LogP contribution in [0.3, 0.4) is 0 Å². The molecule has 0 radical (unpaired) electrons. The van der Waals surface area contributed by atoms with Crippen molar-refractivity contribution in [1.29, 1.82) is 0 Å². The number of hydrogen-bond donors (Lipinski definition) is 0. The van der Waals surface area contributed by atoms with E-state index in [2.05, 4.69) is 15.4 Å². The van der Waals surface area contributed by atoms with E-state index in [1.54, 1.807) is 0 Å². The topological polar surface area (TPSA) is 69.7 Å². The van der Waals surface area contributed by atoms with Crippen LogP contribution < -0.4 is 4.74 Å². The van der Waals surface area contributed by atoms with Gasteiger partial charge in [0.15, 0.2) is 13.2 Å². The summed E-state index contributed by atoms with van der Waals surface area (Å²) in [5, 5.41) is 11.9. The van der Waals surface area contributed by atoms with Crippen molar-refractivity contribution in [2.45, 2.75) is 20.1 Å². The molecule has 1 heterocycles. The third kappa shape index (κ3) is 4.42. The Morgan fingerprint density at radius 3 is 2.25 bits per heavy atom. The number of para-hydroxylation sites is 1. The second kappa shape index (κ2) is 7.92. The summed E-state index contributed by atoms with van der Waals surface area (Å²) >= 11 is 0. The van der Waals surface area contributed by atoms with Crippen LogP contribution in [0.1, 0.15) is 24.3 Å². The summed E-state index contributed by atoms with van der Waals surface area (Å²) in [7, 11) is 0. The zero-order valence-electron chi connectivity index (χ0n) is 13.3. The molecule has 2 aromatic carbocycles. The summed E-state index contributed by atoms with van der Waals surface area (Å²) in [5.74, 6) is 1.49. The summed E-state index contributed by atoms with van der Waals surface area (Å²) in [6.45, 7) is 2.20. The highest BCUT2D eigenvalue weighted by atomic mass is 16.6. The van der Waals surface area contributed by atoms with Gasteiger partial charge in [0.2, 0.25) is 0 Å². The summed E-state index contributed by atoms with van der Waals surface area (Å²) < 4.78 is 11.0. The second-order valence-electron chi connectivity index (χ2n) is 5.01. The molecule has 24 heavy (non-hydrogen) atoms. The minimum Gasteiger partial charge on any atom is -0.484 e. The summed E-state index contributed by atoms with van der Waals surface area (Å²) in [4.78, 5) is 5.26. The van der Waals surface area contributed by atoms with Crippen molar-refractivity contribution in [3.63, 3.8) is 0 Å². The van der Waals surface area contributed by atoms with Gasteiger partial charge in [-0.05, 0) is 24.6 Å². The average molecular weight is 323 g/mol. The third-order valence-corrected chi connectivity index (χ3v) is 3.20. The van der Waals surface area contributed by atoms with Crippen LogP contribution >= 0.6 is 0 Å². The zero-order chi connectivity index (χ0) is 16.6. The van der Waals surface area contributed by atoms with E-state index in [0.29, 0.717) is 11.8 Å². The fourth-order valence-corrected chi connectivity index (χ4v) is 1.98. The predicted octanol–water partition coefficient (Wildman–Crippen LogP) is 3.59. The summed E-state index contributed by atoms with van der Waals surface area (Å²) in [5.41, 5.74) is 1.78. The highest BCUT2D eigenvalue weighted by molar-refractivity contribution is 5.98. The molecule has 6 nitrogen and oxygen atoms in total. The Hall–Kier alpha value is -3.15. The van der Waals surface area contributed by atoms with Crippen molar-refractivity contribution in [2.24, 2.45) is 5.16 Å². The lowest BCUT2D eigenvalue weighted by Crippen LogP contribution is -1.96. The van der Waals surface area contributed by atoms with Crippen LogP contribution in [0.2, 0.25) is 0 Å². The molecule has 0 aliphatic heterocycles. The van der Waals surface area contributed by atoms with Crippen LogP contribution in [-0.4, -0.2) is 15.9 Å². The van der Waals surface area contributed by atoms with Gasteiger partial charge in [-0.3, -0.25) is 0 Å². The lowest BCUT2D eigenvalue weighted by molar-refractivity contribution is 0.108. The molecule has 0 aliphatic carbocycles. The molecule has 0 aliphatic rings. The van der Waals surface area contributed by atoms with Crippen LogP contribution in [-0.2, 0) is 18.1 Å². The van der Waals surface area contributed by atoms with E-state index in [-0.39, 0.29) is 13.2 Å². The van der Waals surface area contributed by atoms with E-state index < -0.39 is 0 Å². The molecule has 1 aromatic heterocycles. The Labute approximate surface area is 139 Å². The molecule has 6 heteroatoms. The van der Waals surface area contributed by atoms with Gasteiger partial charge in [0.1, 0.15) is 5.75 Å². The van der Waals surface area contributed by atoms with Crippen molar-refractivity contribution < 1.29 is 14.0 Å². The molecular weight excluding hydrogens is 306 g/mol. The number of aromatic nitrogens is 2. The number of benzene rings is 2. The Morgan fingerprint density at radius 1 is 0.917 bits per heavy atom. The maximum Gasteiger partial charge on any atom is 0.256 e. The highest BCUT2D eigenvalue weighted by Gasteiger charge is 2.07. The van der Waals surface area contributed by atoms with Gasteiger partial charge < -0.3 is 14.0 Å². The Bertz CT molecular complexity index is 786. The summed E-state index contributed by atoms with van der Waals surface area (Å²) in [6.07, 6.45) is 0. The number of rotatable bonds is 7. The Morgan fingerprint density at radius 2 is 1.54 bits per heavy atom. The highest BCUT2D eigenvalue weighted by Crippen LogP contribution is 2.11. The monoisotopic (exact) mass is 323 g/mol. The molecule has 0 fully saturated rings. The van der Waals surface area contributed by atoms with Crippen LogP contribution in [0.4, 0.5) is 0 Å². The van der Waals surface area contributed by atoms with Gasteiger partial charge in [-0.1, -0.05) is 53.7 Å². The lowest BCUT2D eigenvalue weighted by atomic mass is 10.1. The van der Waals surface area contributed by atoms with Crippen molar-refractivity contribution in [3.8, 4) is 5.75 Å². The maximum absolute atomic E-state index is 5.54. The Balaban J connectivity index is 1.49. The van der Waals surface area contributed by atoms with Gasteiger partial charge in [-0.2, -0.15) is 0 Å². The summed E-state index contributed by atoms with van der Waals surface area (Å²) in [6, 6.07) is 19.2. The molecule has 0 atom stereocenters. The van der Waals surface area contributed by atoms with Gasteiger partial charge in [-0.25, -0.2) is 0 Å². The minimum absolute atomic E-state index is 0.114. The van der Waals surface area contributed by atoms with Gasteiger partial charge in [0.25, 0.3) is 11.8 Å². The maximum atomic E-state index is 5.54. The van der Waals surface area contributed by atoms with E-state index in [1.165, 1.54) is 0 Å². The van der Waals surface area contributed by atoms with E-state index in [1.807, 2.05) is 67.6 Å². The van der Waals surface area contributed by atoms with Crippen LogP contribution in [0.5, 0.6) is 5.75 Å². The second-order valence-corrected chi connectivity index (χ2v) is 5.01. The number of ether oxygens (including phenoxy) is 1. The Kier molecular flexibility index (Phi) is 5.19.